The molecule has 5 heteroatoms. The number of ketones is 2. The SMILES string of the molecule is CSC(=CC(=O)c1ccco1)CC(=O)c1ccco1. The van der Waals surface area contributed by atoms with Gasteiger partial charge in [0.1, 0.15) is 0 Å². The van der Waals surface area contributed by atoms with Crippen molar-refractivity contribution in [3.05, 3.63) is 59.3 Å². The standard InChI is InChI=1S/C14H12O4S/c1-19-10(8-11(15)13-4-2-6-17-13)9-12(16)14-5-3-7-18-14/h2-8H,9H2,1H3. The summed E-state index contributed by atoms with van der Waals surface area (Å²) < 4.78 is 10.0. The third-order valence-electron chi connectivity index (χ3n) is 2.45. The second-order valence-corrected chi connectivity index (χ2v) is 4.67. The lowest BCUT2D eigenvalue weighted by atomic mass is 10.2. The molecule has 0 fully saturated rings. The van der Waals surface area contributed by atoms with Gasteiger partial charge in [-0.1, -0.05) is 0 Å². The van der Waals surface area contributed by atoms with E-state index in [0.29, 0.717) is 10.7 Å². The van der Waals surface area contributed by atoms with Gasteiger partial charge in [-0.25, -0.2) is 0 Å². The van der Waals surface area contributed by atoms with Crippen molar-refractivity contribution in [2.24, 2.45) is 0 Å². The number of furan rings is 2. The van der Waals surface area contributed by atoms with Crippen LogP contribution in [-0.2, 0) is 0 Å². The molecule has 0 bridgehead atoms. The van der Waals surface area contributed by atoms with Gasteiger partial charge in [-0.3, -0.25) is 9.59 Å². The highest BCUT2D eigenvalue weighted by molar-refractivity contribution is 8.02. The smallest absolute Gasteiger partial charge is 0.221 e. The average molecular weight is 276 g/mol. The summed E-state index contributed by atoms with van der Waals surface area (Å²) in [4.78, 5) is 24.4. The van der Waals surface area contributed by atoms with E-state index in [0.717, 1.165) is 0 Å². The van der Waals surface area contributed by atoms with E-state index >= 15 is 0 Å². The lowest BCUT2D eigenvalue weighted by Gasteiger charge is -2.01. The molecule has 0 aliphatic heterocycles. The Bertz CT molecular complexity index is 579. The highest BCUT2D eigenvalue weighted by Crippen LogP contribution is 2.20. The minimum atomic E-state index is -0.249. The fraction of sp³-hybridized carbons (Fsp3) is 0.143. The van der Waals surface area contributed by atoms with Gasteiger partial charge in [-0.15, -0.1) is 11.8 Å². The molecular weight excluding hydrogens is 264 g/mol. The zero-order valence-electron chi connectivity index (χ0n) is 10.3. The predicted molar refractivity (Wildman–Crippen MR) is 72.3 cm³/mol. The summed E-state index contributed by atoms with van der Waals surface area (Å²) in [6.45, 7) is 0. The maximum atomic E-state index is 11.9. The number of Topliss-reactive ketones (excluding diaryl/α,β-unsaturated/α-hetero) is 1. The summed E-state index contributed by atoms with van der Waals surface area (Å²) in [5, 5.41) is 0. The van der Waals surface area contributed by atoms with E-state index in [2.05, 4.69) is 0 Å². The molecule has 0 N–H and O–H groups in total. The molecule has 4 nitrogen and oxygen atoms in total. The Morgan fingerprint density at radius 2 is 1.79 bits per heavy atom. The average Bonchev–Trinajstić information content (AvgIpc) is 3.09. The van der Waals surface area contributed by atoms with Crippen molar-refractivity contribution in [3.63, 3.8) is 0 Å². The van der Waals surface area contributed by atoms with Gasteiger partial charge in [0.2, 0.25) is 11.6 Å². The molecule has 0 unspecified atom stereocenters. The molecule has 0 saturated carbocycles. The highest BCUT2D eigenvalue weighted by Gasteiger charge is 2.13. The molecule has 2 heterocycles. The summed E-state index contributed by atoms with van der Waals surface area (Å²) in [6, 6.07) is 6.50. The lowest BCUT2D eigenvalue weighted by Crippen LogP contribution is -2.00. The van der Waals surface area contributed by atoms with Gasteiger partial charge < -0.3 is 8.83 Å². The van der Waals surface area contributed by atoms with Crippen molar-refractivity contribution >= 4 is 23.3 Å². The Balaban J connectivity index is 2.08. The van der Waals surface area contributed by atoms with Crippen LogP contribution in [0.25, 0.3) is 0 Å². The van der Waals surface area contributed by atoms with E-state index in [1.54, 1.807) is 24.3 Å². The summed E-state index contributed by atoms with van der Waals surface area (Å²) in [5.41, 5.74) is 0. The van der Waals surface area contributed by atoms with E-state index < -0.39 is 0 Å². The van der Waals surface area contributed by atoms with E-state index in [1.807, 2.05) is 6.26 Å². The van der Waals surface area contributed by atoms with Crippen molar-refractivity contribution in [3.8, 4) is 0 Å². The molecule has 19 heavy (non-hydrogen) atoms. The van der Waals surface area contributed by atoms with E-state index in [1.165, 1.54) is 30.4 Å². The Morgan fingerprint density at radius 3 is 2.32 bits per heavy atom. The van der Waals surface area contributed by atoms with Crippen LogP contribution in [-0.4, -0.2) is 17.8 Å². The fourth-order valence-electron chi connectivity index (χ4n) is 1.50. The topological polar surface area (TPSA) is 60.4 Å². The molecule has 2 aromatic rings. The van der Waals surface area contributed by atoms with Gasteiger partial charge >= 0.3 is 0 Å². The monoisotopic (exact) mass is 276 g/mol. The van der Waals surface area contributed by atoms with Crippen LogP contribution in [0.3, 0.4) is 0 Å². The maximum Gasteiger partial charge on any atom is 0.221 e. The Kier molecular flexibility index (Phi) is 4.41. The fourth-order valence-corrected chi connectivity index (χ4v) is 2.00. The van der Waals surface area contributed by atoms with Crippen molar-refractivity contribution in [2.45, 2.75) is 6.42 Å². The predicted octanol–water partition coefficient (Wildman–Crippen LogP) is 3.58. The van der Waals surface area contributed by atoms with Crippen molar-refractivity contribution in [1.82, 2.24) is 0 Å². The minimum absolute atomic E-state index is 0.140. The van der Waals surface area contributed by atoms with Gasteiger partial charge in [0.15, 0.2) is 11.5 Å². The van der Waals surface area contributed by atoms with Crippen LogP contribution >= 0.6 is 11.8 Å². The molecule has 0 amide bonds. The molecule has 0 spiro atoms. The Labute approximate surface area is 114 Å². The first kappa shape index (κ1) is 13.4. The first-order valence-electron chi connectivity index (χ1n) is 5.60. The zero-order chi connectivity index (χ0) is 13.7. The number of hydrogen-bond donors (Lipinski definition) is 0. The summed E-state index contributed by atoms with van der Waals surface area (Å²) >= 11 is 1.36. The van der Waals surface area contributed by atoms with Crippen molar-refractivity contribution in [2.75, 3.05) is 6.26 Å². The quantitative estimate of drug-likeness (QED) is 0.596. The number of thioether (sulfide) groups is 1. The Morgan fingerprint density at radius 1 is 1.16 bits per heavy atom. The van der Waals surface area contributed by atoms with Crippen LogP contribution in [0.5, 0.6) is 0 Å². The summed E-state index contributed by atoms with van der Waals surface area (Å²) in [7, 11) is 0. The van der Waals surface area contributed by atoms with Crippen LogP contribution in [0.4, 0.5) is 0 Å². The molecule has 2 rings (SSSR count). The molecule has 0 radical (unpaired) electrons. The normalized spacial score (nSPS) is 11.5. The second kappa shape index (κ2) is 6.24. The second-order valence-electron chi connectivity index (χ2n) is 3.73. The lowest BCUT2D eigenvalue weighted by molar-refractivity contribution is 0.0968. The largest absolute Gasteiger partial charge is 0.461 e. The first-order chi connectivity index (χ1) is 9.20. The minimum Gasteiger partial charge on any atom is -0.461 e. The number of carbonyl (C=O) groups is 2. The molecule has 2 aromatic heterocycles. The van der Waals surface area contributed by atoms with Crippen LogP contribution in [0.2, 0.25) is 0 Å². The number of rotatable bonds is 6. The summed E-state index contributed by atoms with van der Waals surface area (Å²) in [5.74, 6) is 0.154. The Hall–Kier alpha value is -2.01. The molecule has 0 atom stereocenters. The number of allylic oxidation sites excluding steroid dienone is 2. The van der Waals surface area contributed by atoms with E-state index in [9.17, 15) is 9.59 Å². The molecule has 0 aliphatic carbocycles. The zero-order valence-corrected chi connectivity index (χ0v) is 11.1. The molecule has 0 saturated heterocycles. The molecular formula is C14H12O4S. The molecule has 0 aliphatic rings. The first-order valence-corrected chi connectivity index (χ1v) is 6.82. The van der Waals surface area contributed by atoms with Crippen LogP contribution in [0.1, 0.15) is 27.5 Å². The van der Waals surface area contributed by atoms with Gasteiger partial charge in [0, 0.05) is 6.42 Å². The van der Waals surface area contributed by atoms with Gasteiger partial charge in [0.25, 0.3) is 0 Å². The highest BCUT2D eigenvalue weighted by atomic mass is 32.2. The summed E-state index contributed by atoms with van der Waals surface area (Å²) in [6.07, 6.45) is 6.26. The van der Waals surface area contributed by atoms with Crippen molar-refractivity contribution < 1.29 is 18.4 Å². The van der Waals surface area contributed by atoms with E-state index in [-0.39, 0.29) is 23.7 Å². The number of hydrogen-bond acceptors (Lipinski definition) is 5. The maximum absolute atomic E-state index is 11.9. The third-order valence-corrected chi connectivity index (χ3v) is 3.24. The van der Waals surface area contributed by atoms with Crippen molar-refractivity contribution in [1.29, 1.82) is 0 Å². The van der Waals surface area contributed by atoms with Gasteiger partial charge in [-0.05, 0) is 41.5 Å². The van der Waals surface area contributed by atoms with Gasteiger partial charge in [-0.2, -0.15) is 0 Å². The van der Waals surface area contributed by atoms with Crippen LogP contribution in [0, 0.1) is 0 Å². The third kappa shape index (κ3) is 3.48. The van der Waals surface area contributed by atoms with E-state index in [4.69, 9.17) is 8.83 Å². The van der Waals surface area contributed by atoms with Crippen LogP contribution in [0.15, 0.2) is 56.6 Å². The molecule has 98 valence electrons. The molecule has 0 aromatic carbocycles. The number of carbonyl (C=O) groups excluding carboxylic acids is 2. The van der Waals surface area contributed by atoms with Gasteiger partial charge in [0.05, 0.1) is 12.5 Å². The van der Waals surface area contributed by atoms with Crippen LogP contribution < -0.4 is 0 Å².